The third kappa shape index (κ3) is 26.7. The monoisotopic (exact) mass is 590 g/mol. The van der Waals surface area contributed by atoms with Gasteiger partial charge in [-0.3, -0.25) is 18.6 Å². The zero-order valence-corrected chi connectivity index (χ0v) is 26.5. The van der Waals surface area contributed by atoms with Gasteiger partial charge in [0.15, 0.2) is 6.10 Å². The molecule has 0 amide bonds. The third-order valence-corrected chi connectivity index (χ3v) is 7.10. The van der Waals surface area contributed by atoms with Gasteiger partial charge in [0.25, 0.3) is 0 Å². The first-order valence-electron chi connectivity index (χ1n) is 15.0. The number of hydrogen-bond acceptors (Lipinski definition) is 7. The summed E-state index contributed by atoms with van der Waals surface area (Å²) >= 11 is 0. The Morgan fingerprint density at radius 3 is 2.00 bits per heavy atom. The molecule has 0 aromatic carbocycles. The summed E-state index contributed by atoms with van der Waals surface area (Å²) in [6.07, 6.45) is 18.7. The second-order valence-electron chi connectivity index (χ2n) is 11.2. The molecule has 10 heteroatoms. The number of allylic oxidation sites excluding steroid dienone is 3. The maximum absolute atomic E-state index is 12.4. The Labute approximate surface area is 243 Å². The van der Waals surface area contributed by atoms with Gasteiger partial charge in [0.2, 0.25) is 0 Å². The van der Waals surface area contributed by atoms with Gasteiger partial charge in [0.1, 0.15) is 19.8 Å². The molecule has 234 valence electrons. The lowest BCUT2D eigenvalue weighted by Gasteiger charge is -2.24. The molecule has 1 N–H and O–H groups in total. The van der Waals surface area contributed by atoms with Crippen molar-refractivity contribution >= 4 is 19.8 Å². The summed E-state index contributed by atoms with van der Waals surface area (Å²) in [6, 6.07) is 0. The minimum absolute atomic E-state index is 0.0270. The highest BCUT2D eigenvalue weighted by Crippen LogP contribution is 2.43. The third-order valence-electron chi connectivity index (χ3n) is 6.11. The predicted molar refractivity (Wildman–Crippen MR) is 160 cm³/mol. The smallest absolute Gasteiger partial charge is 0.462 e. The molecule has 2 atom stereocenters. The van der Waals surface area contributed by atoms with E-state index in [-0.39, 0.29) is 26.1 Å². The molecule has 0 saturated carbocycles. The van der Waals surface area contributed by atoms with Crippen molar-refractivity contribution in [3.63, 3.8) is 0 Å². The molecule has 0 aromatic heterocycles. The van der Waals surface area contributed by atoms with E-state index in [1.165, 1.54) is 0 Å². The topological polar surface area (TPSA) is 108 Å². The maximum Gasteiger partial charge on any atom is 0.472 e. The number of carbonyl (C=O) groups excluding carboxylic acids is 2. The van der Waals surface area contributed by atoms with E-state index >= 15 is 0 Å². The van der Waals surface area contributed by atoms with Gasteiger partial charge >= 0.3 is 19.8 Å². The molecule has 0 radical (unpaired) electrons. The Morgan fingerprint density at radius 1 is 0.825 bits per heavy atom. The van der Waals surface area contributed by atoms with Crippen molar-refractivity contribution in [2.24, 2.45) is 0 Å². The molecule has 0 fully saturated rings. The van der Waals surface area contributed by atoms with Gasteiger partial charge in [-0.1, -0.05) is 63.7 Å². The normalized spacial score (nSPS) is 14.1. The molecule has 0 aromatic rings. The minimum atomic E-state index is -4.35. The van der Waals surface area contributed by atoms with Crippen LogP contribution in [0.15, 0.2) is 24.8 Å². The molecule has 9 nitrogen and oxygen atoms in total. The van der Waals surface area contributed by atoms with Gasteiger partial charge in [-0.05, 0) is 44.9 Å². The van der Waals surface area contributed by atoms with Crippen LogP contribution in [0.3, 0.4) is 0 Å². The summed E-state index contributed by atoms with van der Waals surface area (Å²) in [6.45, 7) is 5.72. The number of rotatable bonds is 27. The lowest BCUT2D eigenvalue weighted by Crippen LogP contribution is -2.37. The molecule has 40 heavy (non-hydrogen) atoms. The Kier molecular flexibility index (Phi) is 23.2. The second-order valence-corrected chi connectivity index (χ2v) is 12.6. The van der Waals surface area contributed by atoms with Crippen molar-refractivity contribution in [3.8, 4) is 0 Å². The molecule has 0 aliphatic rings. The quantitative estimate of drug-likeness (QED) is 0.0362. The molecule has 0 heterocycles. The summed E-state index contributed by atoms with van der Waals surface area (Å²) in [7, 11) is 1.45. The first-order chi connectivity index (χ1) is 19.0. The van der Waals surface area contributed by atoms with Crippen molar-refractivity contribution in [3.05, 3.63) is 24.8 Å². The number of unbranched alkanes of at least 4 members (excludes halogenated alkanes) is 10. The summed E-state index contributed by atoms with van der Waals surface area (Å²) in [5.74, 6) is -0.846. The molecule has 0 bridgehead atoms. The van der Waals surface area contributed by atoms with Gasteiger partial charge < -0.3 is 18.9 Å². The van der Waals surface area contributed by atoms with Crippen LogP contribution in [0.5, 0.6) is 0 Å². The molecule has 1 unspecified atom stereocenters. The van der Waals surface area contributed by atoms with Gasteiger partial charge in [-0.2, -0.15) is 0 Å². The number of phosphoric acid groups is 1. The van der Waals surface area contributed by atoms with Gasteiger partial charge in [-0.15, -0.1) is 6.58 Å². The molecular formula is C30H57NO8P+. The highest BCUT2D eigenvalue weighted by Gasteiger charge is 2.27. The number of quaternary nitrogens is 1. The van der Waals surface area contributed by atoms with E-state index in [1.54, 1.807) is 0 Å². The molecule has 0 aliphatic heterocycles. The fourth-order valence-corrected chi connectivity index (χ4v) is 4.44. The van der Waals surface area contributed by atoms with E-state index in [0.717, 1.165) is 70.6 Å². The van der Waals surface area contributed by atoms with Crippen LogP contribution in [0.25, 0.3) is 0 Å². The fourth-order valence-electron chi connectivity index (χ4n) is 3.70. The zero-order valence-electron chi connectivity index (χ0n) is 25.7. The van der Waals surface area contributed by atoms with Gasteiger partial charge in [0.05, 0.1) is 27.7 Å². The van der Waals surface area contributed by atoms with E-state index in [1.807, 2.05) is 27.2 Å². The van der Waals surface area contributed by atoms with E-state index in [9.17, 15) is 19.0 Å². The molecule has 0 saturated heterocycles. The highest BCUT2D eigenvalue weighted by molar-refractivity contribution is 7.47. The van der Waals surface area contributed by atoms with Gasteiger partial charge in [0, 0.05) is 12.8 Å². The van der Waals surface area contributed by atoms with Crippen molar-refractivity contribution in [1.29, 1.82) is 0 Å². The number of ether oxygens (including phenoxy) is 2. The standard InChI is InChI=1S/C30H56NO8P/c1-6-8-10-12-14-15-17-19-21-23-30(33)39-28(27-38-40(34,35)37-25-24-31(3,4)5)26-36-29(32)22-20-18-16-13-11-9-7-2/h7-8,10,28H,2,6,9,11-27H2,1,3-5H3/p+1/b10-8-/t28-/m1/s1. The lowest BCUT2D eigenvalue weighted by molar-refractivity contribution is -0.870. The highest BCUT2D eigenvalue weighted by atomic mass is 31.2. The van der Waals surface area contributed by atoms with Crippen molar-refractivity contribution in [2.75, 3.05) is 47.5 Å². The second kappa shape index (κ2) is 24.1. The van der Waals surface area contributed by atoms with E-state index < -0.39 is 32.5 Å². The van der Waals surface area contributed by atoms with Crippen molar-refractivity contribution < 1.29 is 42.1 Å². The first-order valence-corrected chi connectivity index (χ1v) is 16.5. The number of nitrogens with zero attached hydrogens (tertiary/aromatic N) is 1. The molecule has 0 spiro atoms. The van der Waals surface area contributed by atoms with Gasteiger partial charge in [-0.25, -0.2) is 4.57 Å². The number of esters is 2. The molecule has 0 rings (SSSR count). The van der Waals surface area contributed by atoms with Crippen molar-refractivity contribution in [1.82, 2.24) is 0 Å². The van der Waals surface area contributed by atoms with Crippen molar-refractivity contribution in [2.45, 2.75) is 109 Å². The average Bonchev–Trinajstić information content (AvgIpc) is 2.88. The Balaban J connectivity index is 4.58. The molecular weight excluding hydrogens is 533 g/mol. The maximum atomic E-state index is 12.4. The largest absolute Gasteiger partial charge is 0.472 e. The summed E-state index contributed by atoms with van der Waals surface area (Å²) in [4.78, 5) is 34.7. The van der Waals surface area contributed by atoms with E-state index in [2.05, 4.69) is 25.7 Å². The van der Waals surface area contributed by atoms with E-state index in [4.69, 9.17) is 18.5 Å². The Morgan fingerprint density at radius 2 is 1.40 bits per heavy atom. The fraction of sp³-hybridized carbons (Fsp3) is 0.800. The number of likely N-dealkylation sites (N-methyl/N-ethyl adjacent to an activating group) is 1. The SMILES string of the molecule is C=CCCCCCCCC(=O)OC[C@H](COP(=O)(O)OCC[N+](C)(C)C)OC(=O)CCCCCCC/C=C\CC. The van der Waals surface area contributed by atoms with Crippen LogP contribution in [0.4, 0.5) is 0 Å². The van der Waals surface area contributed by atoms with E-state index in [0.29, 0.717) is 23.9 Å². The van der Waals surface area contributed by atoms with Crippen LogP contribution in [0.1, 0.15) is 103 Å². The first kappa shape index (κ1) is 38.5. The number of carbonyl (C=O) groups is 2. The summed E-state index contributed by atoms with van der Waals surface area (Å²) in [5, 5.41) is 0. The van der Waals surface area contributed by atoms with Crippen LogP contribution in [-0.4, -0.2) is 74.9 Å². The zero-order chi connectivity index (χ0) is 30.1. The molecule has 0 aliphatic carbocycles. The van der Waals surface area contributed by atoms with Crippen LogP contribution in [0.2, 0.25) is 0 Å². The number of phosphoric ester groups is 1. The van der Waals surface area contributed by atoms with Crippen LogP contribution < -0.4 is 0 Å². The summed E-state index contributed by atoms with van der Waals surface area (Å²) < 4.78 is 33.7. The minimum Gasteiger partial charge on any atom is -0.462 e. The lowest BCUT2D eigenvalue weighted by atomic mass is 10.1. The van der Waals surface area contributed by atoms with Crippen LogP contribution in [-0.2, 0) is 32.7 Å². The predicted octanol–water partition coefficient (Wildman–Crippen LogP) is 6.89. The van der Waals surface area contributed by atoms with Crippen LogP contribution in [0, 0.1) is 0 Å². The number of hydrogen-bond donors (Lipinski definition) is 1. The summed E-state index contributed by atoms with van der Waals surface area (Å²) in [5.41, 5.74) is 0. The Bertz CT molecular complexity index is 750. The van der Waals surface area contributed by atoms with Crippen LogP contribution >= 0.6 is 7.82 Å². The Hall–Kier alpha value is -1.51. The average molecular weight is 591 g/mol.